The van der Waals surface area contributed by atoms with Crippen LogP contribution in [0.2, 0.25) is 0 Å². The molecule has 0 unspecified atom stereocenters. The third kappa shape index (κ3) is 7.53. The molecule has 0 fully saturated rings. The number of rotatable bonds is 9. The molecule has 96 valence electrons. The summed E-state index contributed by atoms with van der Waals surface area (Å²) >= 11 is 0. The zero-order chi connectivity index (χ0) is 12.4. The van der Waals surface area contributed by atoms with E-state index in [2.05, 4.69) is 10.1 Å². The molecule has 0 rings (SSSR count). The van der Waals surface area contributed by atoms with Gasteiger partial charge < -0.3 is 15.0 Å². The van der Waals surface area contributed by atoms with E-state index in [0.29, 0.717) is 19.6 Å². The first-order valence-electron chi connectivity index (χ1n) is 5.46. The summed E-state index contributed by atoms with van der Waals surface area (Å²) in [6.07, 6.45) is -2.43. The van der Waals surface area contributed by atoms with Crippen molar-refractivity contribution in [1.29, 1.82) is 0 Å². The van der Waals surface area contributed by atoms with Crippen LogP contribution in [0.4, 0.5) is 8.78 Å². The highest BCUT2D eigenvalue weighted by atomic mass is 19.3. The Bertz CT molecular complexity index is 188. The van der Waals surface area contributed by atoms with Crippen LogP contribution in [0, 0.1) is 0 Å². The molecule has 0 radical (unpaired) electrons. The highest BCUT2D eigenvalue weighted by Gasteiger charge is 2.08. The molecule has 0 aliphatic carbocycles. The fourth-order valence-corrected chi connectivity index (χ4v) is 1.20. The number of hydrogen-bond donors (Lipinski definition) is 1. The van der Waals surface area contributed by atoms with Gasteiger partial charge in [0.2, 0.25) is 5.91 Å². The number of nitrogens with zero attached hydrogens (tertiary/aromatic N) is 1. The predicted octanol–water partition coefficient (Wildman–Crippen LogP) is 0.726. The van der Waals surface area contributed by atoms with Crippen LogP contribution >= 0.6 is 0 Å². The van der Waals surface area contributed by atoms with Crippen LogP contribution in [0.15, 0.2) is 0 Å². The van der Waals surface area contributed by atoms with Crippen molar-refractivity contribution >= 4 is 5.91 Å². The van der Waals surface area contributed by atoms with Gasteiger partial charge in [-0.15, -0.1) is 0 Å². The molecule has 0 bridgehead atoms. The monoisotopic (exact) mass is 238 g/mol. The first-order chi connectivity index (χ1) is 7.61. The Hall–Kier alpha value is -0.750. The van der Waals surface area contributed by atoms with Crippen molar-refractivity contribution in [2.75, 3.05) is 39.4 Å². The van der Waals surface area contributed by atoms with Gasteiger partial charge >= 0.3 is 0 Å². The summed E-state index contributed by atoms with van der Waals surface area (Å²) in [6, 6.07) is 0. The zero-order valence-corrected chi connectivity index (χ0v) is 9.84. The number of likely N-dealkylation sites (N-methyl/N-ethyl adjacent to an activating group) is 1. The molecule has 0 heterocycles. The van der Waals surface area contributed by atoms with E-state index in [4.69, 9.17) is 0 Å². The number of halogens is 2. The van der Waals surface area contributed by atoms with Crippen LogP contribution in [0.5, 0.6) is 0 Å². The minimum Gasteiger partial charge on any atom is -0.374 e. The molecule has 6 heteroatoms. The molecular formula is C10H20F2N2O2. The second-order valence-corrected chi connectivity index (χ2v) is 3.21. The standard InChI is InChI=1S/C10H20F2N2O2/c1-3-14(4-2)10(15)7-13-5-6-16-8-9(11)12/h9,13H,3-8H2,1-2H3. The Kier molecular flexibility index (Phi) is 9.03. The Morgan fingerprint density at radius 1 is 1.38 bits per heavy atom. The van der Waals surface area contributed by atoms with Crippen LogP contribution in [-0.2, 0) is 9.53 Å². The third-order valence-corrected chi connectivity index (χ3v) is 2.06. The van der Waals surface area contributed by atoms with Gasteiger partial charge in [0.1, 0.15) is 6.61 Å². The van der Waals surface area contributed by atoms with Crippen molar-refractivity contribution in [1.82, 2.24) is 10.2 Å². The molecule has 0 aromatic carbocycles. The van der Waals surface area contributed by atoms with Gasteiger partial charge in [-0.25, -0.2) is 8.78 Å². The number of carbonyl (C=O) groups is 1. The van der Waals surface area contributed by atoms with E-state index in [1.165, 1.54) is 0 Å². The molecule has 0 aromatic rings. The van der Waals surface area contributed by atoms with Crippen LogP contribution in [0.1, 0.15) is 13.8 Å². The number of hydrogen-bond acceptors (Lipinski definition) is 3. The fraction of sp³-hybridized carbons (Fsp3) is 0.900. The maximum absolute atomic E-state index is 11.7. The maximum Gasteiger partial charge on any atom is 0.261 e. The van der Waals surface area contributed by atoms with Crippen LogP contribution in [-0.4, -0.2) is 56.6 Å². The highest BCUT2D eigenvalue weighted by molar-refractivity contribution is 5.78. The second kappa shape index (κ2) is 9.47. The van der Waals surface area contributed by atoms with Crippen LogP contribution in [0.25, 0.3) is 0 Å². The summed E-state index contributed by atoms with van der Waals surface area (Å²) in [7, 11) is 0. The summed E-state index contributed by atoms with van der Waals surface area (Å²) in [5.41, 5.74) is 0. The second-order valence-electron chi connectivity index (χ2n) is 3.21. The van der Waals surface area contributed by atoms with E-state index in [9.17, 15) is 13.6 Å². The summed E-state index contributed by atoms with van der Waals surface area (Å²) in [4.78, 5) is 13.2. The Balaban J connectivity index is 3.40. The van der Waals surface area contributed by atoms with Gasteiger partial charge in [0.05, 0.1) is 13.2 Å². The van der Waals surface area contributed by atoms with E-state index in [1.54, 1.807) is 4.90 Å². The van der Waals surface area contributed by atoms with Gasteiger partial charge in [0.15, 0.2) is 0 Å². The predicted molar refractivity (Wildman–Crippen MR) is 57.6 cm³/mol. The third-order valence-electron chi connectivity index (χ3n) is 2.06. The number of carbonyl (C=O) groups excluding carboxylic acids is 1. The quantitative estimate of drug-likeness (QED) is 0.602. The average Bonchev–Trinajstić information content (AvgIpc) is 2.24. The highest BCUT2D eigenvalue weighted by Crippen LogP contribution is 1.91. The Morgan fingerprint density at radius 3 is 2.50 bits per heavy atom. The van der Waals surface area contributed by atoms with E-state index in [1.807, 2.05) is 13.8 Å². The number of nitrogens with one attached hydrogen (secondary N) is 1. The number of alkyl halides is 2. The number of ether oxygens (including phenoxy) is 1. The van der Waals surface area contributed by atoms with Crippen LogP contribution in [0.3, 0.4) is 0 Å². The molecule has 4 nitrogen and oxygen atoms in total. The Morgan fingerprint density at radius 2 is 2.00 bits per heavy atom. The molecule has 0 spiro atoms. The van der Waals surface area contributed by atoms with Crippen molar-refractivity contribution in [3.05, 3.63) is 0 Å². The normalized spacial score (nSPS) is 10.8. The van der Waals surface area contributed by atoms with Crippen LogP contribution < -0.4 is 5.32 Å². The van der Waals surface area contributed by atoms with Crippen molar-refractivity contribution in [2.24, 2.45) is 0 Å². The van der Waals surface area contributed by atoms with Gasteiger partial charge in [-0.1, -0.05) is 0 Å². The molecule has 0 saturated heterocycles. The lowest BCUT2D eigenvalue weighted by molar-refractivity contribution is -0.129. The van der Waals surface area contributed by atoms with Gasteiger partial charge in [0, 0.05) is 19.6 Å². The minimum atomic E-state index is -2.43. The van der Waals surface area contributed by atoms with E-state index in [0.717, 1.165) is 0 Å². The van der Waals surface area contributed by atoms with Crippen molar-refractivity contribution < 1.29 is 18.3 Å². The lowest BCUT2D eigenvalue weighted by Crippen LogP contribution is -2.38. The Labute approximate surface area is 94.9 Å². The molecule has 1 amide bonds. The molecule has 0 aromatic heterocycles. The largest absolute Gasteiger partial charge is 0.374 e. The minimum absolute atomic E-state index is 0.0128. The number of amides is 1. The molecule has 16 heavy (non-hydrogen) atoms. The van der Waals surface area contributed by atoms with Crippen molar-refractivity contribution in [3.63, 3.8) is 0 Å². The molecule has 1 N–H and O–H groups in total. The molecule has 0 aliphatic rings. The maximum atomic E-state index is 11.7. The first-order valence-corrected chi connectivity index (χ1v) is 5.46. The van der Waals surface area contributed by atoms with Crippen molar-refractivity contribution in [3.8, 4) is 0 Å². The summed E-state index contributed by atoms with van der Waals surface area (Å²) in [6.45, 7) is 5.44. The lowest BCUT2D eigenvalue weighted by atomic mass is 10.4. The van der Waals surface area contributed by atoms with Gasteiger partial charge in [-0.2, -0.15) is 0 Å². The van der Waals surface area contributed by atoms with E-state index in [-0.39, 0.29) is 19.1 Å². The van der Waals surface area contributed by atoms with Gasteiger partial charge in [-0.3, -0.25) is 4.79 Å². The van der Waals surface area contributed by atoms with Crippen molar-refractivity contribution in [2.45, 2.75) is 20.3 Å². The van der Waals surface area contributed by atoms with E-state index >= 15 is 0 Å². The topological polar surface area (TPSA) is 41.6 Å². The summed E-state index contributed by atoms with van der Waals surface area (Å²) in [5.74, 6) is 0.0128. The van der Waals surface area contributed by atoms with Gasteiger partial charge in [0.25, 0.3) is 6.43 Å². The smallest absolute Gasteiger partial charge is 0.261 e. The zero-order valence-electron chi connectivity index (χ0n) is 9.84. The summed E-state index contributed by atoms with van der Waals surface area (Å²) < 4.78 is 28.0. The summed E-state index contributed by atoms with van der Waals surface area (Å²) in [5, 5.41) is 2.85. The SMILES string of the molecule is CCN(CC)C(=O)CNCCOCC(F)F. The average molecular weight is 238 g/mol. The molecule has 0 saturated carbocycles. The fourth-order valence-electron chi connectivity index (χ4n) is 1.20. The first kappa shape index (κ1) is 15.2. The molecule has 0 aliphatic heterocycles. The molecule has 0 atom stereocenters. The lowest BCUT2D eigenvalue weighted by Gasteiger charge is -2.18. The van der Waals surface area contributed by atoms with Gasteiger partial charge in [-0.05, 0) is 13.8 Å². The molecular weight excluding hydrogens is 218 g/mol. The van der Waals surface area contributed by atoms with E-state index < -0.39 is 13.0 Å².